The second-order valence-corrected chi connectivity index (χ2v) is 5.64. The lowest BCUT2D eigenvalue weighted by atomic mass is 10.0. The van der Waals surface area contributed by atoms with Crippen LogP contribution in [0.5, 0.6) is 0 Å². The summed E-state index contributed by atoms with van der Waals surface area (Å²) in [6, 6.07) is 5.41. The molecule has 1 saturated heterocycles. The average molecular weight is 313 g/mol. The van der Waals surface area contributed by atoms with Gasteiger partial charge in [0.2, 0.25) is 0 Å². The Morgan fingerprint density at radius 1 is 1.30 bits per heavy atom. The topological polar surface area (TPSA) is 80.1 Å². The number of amides is 1. The van der Waals surface area contributed by atoms with E-state index >= 15 is 0 Å². The monoisotopic (exact) mass is 313 g/mol. The molecule has 0 spiro atoms. The molecule has 1 aliphatic rings. The third kappa shape index (κ3) is 3.39. The zero-order valence-electron chi connectivity index (χ0n) is 13.0. The average Bonchev–Trinajstić information content (AvgIpc) is 2.58. The van der Waals surface area contributed by atoms with Crippen LogP contribution >= 0.6 is 0 Å². The number of hydrogen-bond donors (Lipinski definition) is 1. The summed E-state index contributed by atoms with van der Waals surface area (Å²) in [6.45, 7) is 1.25. The molecule has 0 unspecified atom stereocenters. The number of likely N-dealkylation sites (tertiary alicyclic amines) is 1. The second kappa shape index (κ2) is 6.60. The van der Waals surface area contributed by atoms with Gasteiger partial charge in [-0.3, -0.25) is 9.59 Å². The lowest BCUT2D eigenvalue weighted by molar-refractivity contribution is 0.0716. The highest BCUT2D eigenvalue weighted by Crippen LogP contribution is 2.16. The van der Waals surface area contributed by atoms with Gasteiger partial charge in [0.1, 0.15) is 17.7 Å². The van der Waals surface area contributed by atoms with Gasteiger partial charge >= 0.3 is 0 Å². The first-order valence-electron chi connectivity index (χ1n) is 7.62. The van der Waals surface area contributed by atoms with Crippen LogP contribution in [-0.4, -0.2) is 44.5 Å². The Labute approximate surface area is 134 Å². The lowest BCUT2D eigenvalue weighted by Crippen LogP contribution is -2.44. The van der Waals surface area contributed by atoms with Crippen LogP contribution in [0.4, 0.5) is 5.82 Å². The summed E-state index contributed by atoms with van der Waals surface area (Å²) in [7, 11) is 1.65. The van der Waals surface area contributed by atoms with Gasteiger partial charge in [0, 0.05) is 38.6 Å². The number of rotatable bonds is 3. The molecule has 1 amide bonds. The molecule has 1 N–H and O–H groups in total. The van der Waals surface area contributed by atoms with Gasteiger partial charge in [0.15, 0.2) is 0 Å². The minimum Gasteiger partial charge on any atom is -0.367 e. The lowest BCUT2D eigenvalue weighted by Gasteiger charge is -2.32. The molecule has 0 atom stereocenters. The van der Waals surface area contributed by atoms with Gasteiger partial charge in [0.05, 0.1) is 0 Å². The number of carbonyl (C=O) groups is 1. The van der Waals surface area contributed by atoms with E-state index < -0.39 is 0 Å². The Morgan fingerprint density at radius 3 is 2.78 bits per heavy atom. The first-order chi connectivity index (χ1) is 11.1. The van der Waals surface area contributed by atoms with E-state index in [1.54, 1.807) is 36.5 Å². The van der Waals surface area contributed by atoms with Gasteiger partial charge in [-0.25, -0.2) is 9.97 Å². The van der Waals surface area contributed by atoms with Crippen LogP contribution in [0.15, 0.2) is 41.7 Å². The maximum absolute atomic E-state index is 12.5. The highest BCUT2D eigenvalue weighted by Gasteiger charge is 2.25. The summed E-state index contributed by atoms with van der Waals surface area (Å²) in [5.41, 5.74) is -0.0176. The molecule has 7 heteroatoms. The van der Waals surface area contributed by atoms with Crippen LogP contribution in [0.3, 0.4) is 0 Å². The fourth-order valence-corrected chi connectivity index (χ4v) is 2.74. The van der Waals surface area contributed by atoms with Crippen LogP contribution < -0.4 is 10.9 Å². The van der Waals surface area contributed by atoms with E-state index in [4.69, 9.17) is 0 Å². The summed E-state index contributed by atoms with van der Waals surface area (Å²) in [6.07, 6.45) is 6.49. The van der Waals surface area contributed by atoms with Gasteiger partial charge in [0.25, 0.3) is 11.5 Å². The fourth-order valence-electron chi connectivity index (χ4n) is 2.74. The molecule has 0 aliphatic carbocycles. The van der Waals surface area contributed by atoms with Gasteiger partial charge in [-0.2, -0.15) is 0 Å². The highest BCUT2D eigenvalue weighted by molar-refractivity contribution is 5.93. The normalized spacial score (nSPS) is 15.4. The second-order valence-electron chi connectivity index (χ2n) is 5.64. The van der Waals surface area contributed by atoms with Crippen molar-refractivity contribution >= 4 is 11.7 Å². The van der Waals surface area contributed by atoms with Crippen molar-refractivity contribution in [3.05, 3.63) is 52.8 Å². The Hall–Kier alpha value is -2.70. The Morgan fingerprint density at radius 2 is 2.09 bits per heavy atom. The van der Waals surface area contributed by atoms with Gasteiger partial charge in [-0.05, 0) is 31.0 Å². The van der Waals surface area contributed by atoms with Crippen molar-refractivity contribution in [2.24, 2.45) is 7.05 Å². The molecule has 7 nitrogen and oxygen atoms in total. The predicted octanol–water partition coefficient (Wildman–Crippen LogP) is 0.892. The van der Waals surface area contributed by atoms with Crippen molar-refractivity contribution < 1.29 is 4.79 Å². The standard InChI is InChI=1S/C16H19N5O2/c1-20-8-2-3-13(15(20)22)16(23)21-9-5-12(6-10-21)19-14-4-7-17-11-18-14/h2-4,7-8,11-12H,5-6,9-10H2,1H3,(H,17,18,19). The Kier molecular flexibility index (Phi) is 4.36. The molecule has 3 heterocycles. The number of aromatic nitrogens is 3. The van der Waals surface area contributed by atoms with Crippen LogP contribution in [-0.2, 0) is 7.05 Å². The van der Waals surface area contributed by atoms with Crippen LogP contribution in [0.1, 0.15) is 23.2 Å². The van der Waals surface area contributed by atoms with Gasteiger partial charge < -0.3 is 14.8 Å². The van der Waals surface area contributed by atoms with E-state index in [1.807, 2.05) is 6.07 Å². The molecule has 0 radical (unpaired) electrons. The van der Waals surface area contributed by atoms with E-state index in [9.17, 15) is 9.59 Å². The third-order valence-electron chi connectivity index (χ3n) is 4.07. The number of nitrogens with zero attached hydrogens (tertiary/aromatic N) is 4. The van der Waals surface area contributed by atoms with E-state index in [1.165, 1.54) is 10.9 Å². The van der Waals surface area contributed by atoms with E-state index in [-0.39, 0.29) is 23.1 Å². The molecule has 1 aliphatic heterocycles. The number of hydrogen-bond acceptors (Lipinski definition) is 5. The summed E-state index contributed by atoms with van der Waals surface area (Å²) >= 11 is 0. The smallest absolute Gasteiger partial charge is 0.263 e. The Bertz CT molecular complexity index is 736. The van der Waals surface area contributed by atoms with Crippen LogP contribution in [0.2, 0.25) is 0 Å². The van der Waals surface area contributed by atoms with Crippen molar-refractivity contribution in [2.45, 2.75) is 18.9 Å². The van der Waals surface area contributed by atoms with Crippen LogP contribution in [0, 0.1) is 0 Å². The van der Waals surface area contributed by atoms with E-state index in [0.29, 0.717) is 13.1 Å². The maximum Gasteiger partial charge on any atom is 0.263 e. The molecule has 0 aromatic carbocycles. The fraction of sp³-hybridized carbons (Fsp3) is 0.375. The number of pyridine rings is 1. The number of nitrogens with one attached hydrogen (secondary N) is 1. The highest BCUT2D eigenvalue weighted by atomic mass is 16.2. The van der Waals surface area contributed by atoms with Crippen molar-refractivity contribution in [1.29, 1.82) is 0 Å². The van der Waals surface area contributed by atoms with Gasteiger partial charge in [-0.15, -0.1) is 0 Å². The molecule has 120 valence electrons. The summed E-state index contributed by atoms with van der Waals surface area (Å²) in [5.74, 6) is 0.605. The summed E-state index contributed by atoms with van der Waals surface area (Å²) in [4.78, 5) is 34.3. The number of anilines is 1. The number of carbonyl (C=O) groups excluding carboxylic acids is 1. The van der Waals surface area contributed by atoms with Crippen molar-refractivity contribution in [1.82, 2.24) is 19.4 Å². The van der Waals surface area contributed by atoms with Crippen molar-refractivity contribution in [2.75, 3.05) is 18.4 Å². The zero-order valence-corrected chi connectivity index (χ0v) is 13.0. The molecule has 1 fully saturated rings. The minimum atomic E-state index is -0.251. The predicted molar refractivity (Wildman–Crippen MR) is 86.3 cm³/mol. The largest absolute Gasteiger partial charge is 0.367 e. The van der Waals surface area contributed by atoms with Crippen molar-refractivity contribution in [3.8, 4) is 0 Å². The molecule has 2 aromatic rings. The molecular weight excluding hydrogens is 294 g/mol. The minimum absolute atomic E-state index is 0.188. The Balaban J connectivity index is 1.61. The van der Waals surface area contributed by atoms with E-state index in [2.05, 4.69) is 15.3 Å². The van der Waals surface area contributed by atoms with Gasteiger partial charge in [-0.1, -0.05) is 0 Å². The summed E-state index contributed by atoms with van der Waals surface area (Å²) in [5, 5.41) is 3.35. The molecule has 2 aromatic heterocycles. The molecule has 23 heavy (non-hydrogen) atoms. The molecule has 3 rings (SSSR count). The molecule has 0 saturated carbocycles. The summed E-state index contributed by atoms with van der Waals surface area (Å²) < 4.78 is 1.43. The number of piperidine rings is 1. The number of aryl methyl sites for hydroxylation is 1. The van der Waals surface area contributed by atoms with E-state index in [0.717, 1.165) is 18.7 Å². The molecule has 0 bridgehead atoms. The maximum atomic E-state index is 12.5. The zero-order chi connectivity index (χ0) is 16.2. The SMILES string of the molecule is Cn1cccc(C(=O)N2CCC(Nc3ccncn3)CC2)c1=O. The first-order valence-corrected chi connectivity index (χ1v) is 7.62. The van der Waals surface area contributed by atoms with Crippen molar-refractivity contribution in [3.63, 3.8) is 0 Å². The first kappa shape index (κ1) is 15.2. The molecular formula is C16H19N5O2. The quantitative estimate of drug-likeness (QED) is 0.910. The third-order valence-corrected chi connectivity index (χ3v) is 4.07. The van der Waals surface area contributed by atoms with Crippen LogP contribution in [0.25, 0.3) is 0 Å².